The molecule has 1 aromatic heterocycles. The van der Waals surface area contributed by atoms with Crippen LogP contribution < -0.4 is 10.6 Å². The number of thiophene rings is 1. The molecule has 4 nitrogen and oxygen atoms in total. The van der Waals surface area contributed by atoms with Gasteiger partial charge in [0.25, 0.3) is 5.91 Å². The minimum atomic E-state index is -0.00488. The molecule has 2 amide bonds. The highest BCUT2D eigenvalue weighted by Crippen LogP contribution is 2.30. The van der Waals surface area contributed by atoms with Crippen molar-refractivity contribution in [1.82, 2.24) is 5.32 Å². The third kappa shape index (κ3) is 4.03. The van der Waals surface area contributed by atoms with E-state index in [1.165, 1.54) is 16.9 Å². The van der Waals surface area contributed by atoms with Gasteiger partial charge in [-0.15, -0.1) is 11.3 Å². The van der Waals surface area contributed by atoms with Crippen LogP contribution >= 0.6 is 11.3 Å². The summed E-state index contributed by atoms with van der Waals surface area (Å²) >= 11 is 1.62. The zero-order valence-corrected chi connectivity index (χ0v) is 14.7. The highest BCUT2D eigenvalue weighted by Gasteiger charge is 2.18. The number of hydrogen-bond donors (Lipinski definition) is 2. The molecule has 1 aliphatic rings. The van der Waals surface area contributed by atoms with E-state index in [-0.39, 0.29) is 11.8 Å². The number of carbonyl (C=O) groups is 2. The van der Waals surface area contributed by atoms with Gasteiger partial charge in [-0.25, -0.2) is 0 Å². The van der Waals surface area contributed by atoms with Gasteiger partial charge in [-0.05, 0) is 55.0 Å². The van der Waals surface area contributed by atoms with Crippen LogP contribution in [0.25, 0.3) is 0 Å². The van der Waals surface area contributed by atoms with E-state index in [4.69, 9.17) is 0 Å². The molecule has 1 heterocycles. The van der Waals surface area contributed by atoms with Crippen LogP contribution in [0.4, 0.5) is 5.69 Å². The first-order valence-corrected chi connectivity index (χ1v) is 9.26. The number of benzene rings is 1. The highest BCUT2D eigenvalue weighted by molar-refractivity contribution is 7.14. The molecule has 0 bridgehead atoms. The van der Waals surface area contributed by atoms with Gasteiger partial charge in [-0.1, -0.05) is 19.1 Å². The van der Waals surface area contributed by atoms with E-state index in [1.807, 2.05) is 37.3 Å². The SMILES string of the molecule is CCCC(=O)Nc1ccc(CNC(=O)c2cc3c(s2)CCC3)cc1. The molecule has 0 saturated heterocycles. The van der Waals surface area contributed by atoms with Crippen molar-refractivity contribution in [2.45, 2.75) is 45.6 Å². The van der Waals surface area contributed by atoms with Crippen LogP contribution in [0, 0.1) is 0 Å². The monoisotopic (exact) mass is 342 g/mol. The Bertz CT molecular complexity index is 713. The Morgan fingerprint density at radius 2 is 1.96 bits per heavy atom. The third-order valence-electron chi connectivity index (χ3n) is 4.14. The van der Waals surface area contributed by atoms with E-state index in [9.17, 15) is 9.59 Å². The van der Waals surface area contributed by atoms with E-state index in [1.54, 1.807) is 11.3 Å². The first-order chi connectivity index (χ1) is 11.7. The van der Waals surface area contributed by atoms with Crippen LogP contribution in [0.1, 0.15) is 51.9 Å². The van der Waals surface area contributed by atoms with Crippen molar-refractivity contribution in [1.29, 1.82) is 0 Å². The first-order valence-electron chi connectivity index (χ1n) is 8.44. The van der Waals surface area contributed by atoms with E-state index < -0.39 is 0 Å². The van der Waals surface area contributed by atoms with Gasteiger partial charge in [0.05, 0.1) is 4.88 Å². The summed E-state index contributed by atoms with van der Waals surface area (Å²) in [7, 11) is 0. The van der Waals surface area contributed by atoms with Crippen molar-refractivity contribution in [2.24, 2.45) is 0 Å². The fourth-order valence-electron chi connectivity index (χ4n) is 2.87. The maximum absolute atomic E-state index is 12.3. The Labute approximate surface area is 146 Å². The molecule has 0 spiro atoms. The number of aryl methyl sites for hydroxylation is 2. The molecule has 2 aromatic rings. The summed E-state index contributed by atoms with van der Waals surface area (Å²) < 4.78 is 0. The smallest absolute Gasteiger partial charge is 0.261 e. The van der Waals surface area contributed by atoms with Crippen LogP contribution in [-0.4, -0.2) is 11.8 Å². The summed E-state index contributed by atoms with van der Waals surface area (Å²) in [6, 6.07) is 9.63. The maximum Gasteiger partial charge on any atom is 0.261 e. The second-order valence-electron chi connectivity index (χ2n) is 6.09. The van der Waals surface area contributed by atoms with Gasteiger partial charge in [-0.3, -0.25) is 9.59 Å². The van der Waals surface area contributed by atoms with Crippen LogP contribution in [0.5, 0.6) is 0 Å². The van der Waals surface area contributed by atoms with Gasteiger partial charge in [0.2, 0.25) is 5.91 Å². The zero-order valence-electron chi connectivity index (χ0n) is 13.9. The second kappa shape index (κ2) is 7.62. The maximum atomic E-state index is 12.3. The molecular weight excluding hydrogens is 320 g/mol. The van der Waals surface area contributed by atoms with Crippen molar-refractivity contribution in [3.05, 3.63) is 51.2 Å². The zero-order chi connectivity index (χ0) is 16.9. The largest absolute Gasteiger partial charge is 0.347 e. The number of amides is 2. The predicted octanol–water partition coefficient (Wildman–Crippen LogP) is 3.91. The van der Waals surface area contributed by atoms with Gasteiger partial charge in [-0.2, -0.15) is 0 Å². The lowest BCUT2D eigenvalue weighted by Gasteiger charge is -2.07. The summed E-state index contributed by atoms with van der Waals surface area (Å²) in [5, 5.41) is 5.83. The molecule has 1 aromatic carbocycles. The fourth-order valence-corrected chi connectivity index (χ4v) is 4.04. The number of hydrogen-bond acceptors (Lipinski definition) is 3. The highest BCUT2D eigenvalue weighted by atomic mass is 32.1. The summed E-state index contributed by atoms with van der Waals surface area (Å²) in [5.41, 5.74) is 3.15. The number of nitrogens with one attached hydrogen (secondary N) is 2. The van der Waals surface area contributed by atoms with E-state index in [2.05, 4.69) is 10.6 Å². The Morgan fingerprint density at radius 1 is 1.17 bits per heavy atom. The van der Waals surface area contributed by atoms with E-state index in [0.29, 0.717) is 13.0 Å². The van der Waals surface area contributed by atoms with E-state index >= 15 is 0 Å². The average Bonchev–Trinajstić information content (AvgIpc) is 3.16. The molecule has 24 heavy (non-hydrogen) atoms. The molecular formula is C19H22N2O2S. The van der Waals surface area contributed by atoms with Gasteiger partial charge >= 0.3 is 0 Å². The number of fused-ring (bicyclic) bond motifs is 1. The van der Waals surface area contributed by atoms with Crippen molar-refractivity contribution in [3.8, 4) is 0 Å². The molecule has 5 heteroatoms. The lowest BCUT2D eigenvalue weighted by Crippen LogP contribution is -2.21. The van der Waals surface area contributed by atoms with Gasteiger partial charge < -0.3 is 10.6 Å². The summed E-state index contributed by atoms with van der Waals surface area (Å²) in [5.74, 6) is 0.0269. The fraction of sp³-hybridized carbons (Fsp3) is 0.368. The third-order valence-corrected chi connectivity index (χ3v) is 5.37. The van der Waals surface area contributed by atoms with Gasteiger partial charge in [0.1, 0.15) is 0 Å². The molecule has 1 aliphatic carbocycles. The number of rotatable bonds is 6. The molecule has 0 atom stereocenters. The minimum absolute atomic E-state index is 0.00488. The van der Waals surface area contributed by atoms with Crippen LogP contribution in [-0.2, 0) is 24.2 Å². The Kier molecular flexibility index (Phi) is 5.30. The first kappa shape index (κ1) is 16.7. The van der Waals surface area contributed by atoms with Gasteiger partial charge in [0, 0.05) is 23.5 Å². The Hall–Kier alpha value is -2.14. The predicted molar refractivity (Wildman–Crippen MR) is 97.5 cm³/mol. The number of carbonyl (C=O) groups excluding carboxylic acids is 2. The lowest BCUT2D eigenvalue weighted by atomic mass is 10.2. The molecule has 0 unspecified atom stereocenters. The quantitative estimate of drug-likeness (QED) is 0.836. The average molecular weight is 342 g/mol. The molecule has 2 N–H and O–H groups in total. The second-order valence-corrected chi connectivity index (χ2v) is 7.23. The standard InChI is InChI=1S/C19H22N2O2S/c1-2-4-18(22)21-15-9-7-13(8-10-15)12-20-19(23)17-11-14-5-3-6-16(14)24-17/h7-11H,2-6,12H2,1H3,(H,20,23)(H,21,22). The van der Waals surface area contributed by atoms with Crippen molar-refractivity contribution < 1.29 is 9.59 Å². The molecule has 0 saturated carbocycles. The topological polar surface area (TPSA) is 58.2 Å². The Balaban J connectivity index is 1.52. The molecule has 3 rings (SSSR count). The number of anilines is 1. The Morgan fingerprint density at radius 3 is 2.67 bits per heavy atom. The van der Waals surface area contributed by atoms with Crippen LogP contribution in [0.3, 0.4) is 0 Å². The lowest BCUT2D eigenvalue weighted by molar-refractivity contribution is -0.116. The molecule has 126 valence electrons. The van der Waals surface area contributed by atoms with Crippen LogP contribution in [0.2, 0.25) is 0 Å². The summed E-state index contributed by atoms with van der Waals surface area (Å²) in [6.07, 6.45) is 4.79. The van der Waals surface area contributed by atoms with Crippen molar-refractivity contribution >= 4 is 28.8 Å². The van der Waals surface area contributed by atoms with Crippen molar-refractivity contribution in [3.63, 3.8) is 0 Å². The molecule has 0 radical (unpaired) electrons. The summed E-state index contributed by atoms with van der Waals surface area (Å²) in [4.78, 5) is 26.0. The minimum Gasteiger partial charge on any atom is -0.347 e. The molecule has 0 fully saturated rings. The van der Waals surface area contributed by atoms with E-state index in [0.717, 1.165) is 35.4 Å². The van der Waals surface area contributed by atoms with Crippen molar-refractivity contribution in [2.75, 3.05) is 5.32 Å². The van der Waals surface area contributed by atoms with Gasteiger partial charge in [0.15, 0.2) is 0 Å². The molecule has 0 aliphatic heterocycles. The van der Waals surface area contributed by atoms with Crippen LogP contribution in [0.15, 0.2) is 30.3 Å². The summed E-state index contributed by atoms with van der Waals surface area (Å²) in [6.45, 7) is 2.47. The normalized spacial score (nSPS) is 12.7.